The molecule has 2 atom stereocenters. The van der Waals surface area contributed by atoms with E-state index in [0.29, 0.717) is 12.1 Å². The lowest BCUT2D eigenvalue weighted by Gasteiger charge is -2.36. The second kappa shape index (κ2) is 8.90. The van der Waals surface area contributed by atoms with Gasteiger partial charge in [0.1, 0.15) is 0 Å². The van der Waals surface area contributed by atoms with Crippen LogP contribution in [0, 0.1) is 0 Å². The number of nitrogens with one attached hydrogen (secondary N) is 1. The van der Waals surface area contributed by atoms with Crippen molar-refractivity contribution in [3.05, 3.63) is 0 Å². The molecule has 0 amide bonds. The van der Waals surface area contributed by atoms with Crippen molar-refractivity contribution >= 4 is 0 Å². The Labute approximate surface area is 120 Å². The molecule has 0 spiro atoms. The van der Waals surface area contributed by atoms with Crippen LogP contribution < -0.4 is 5.32 Å². The van der Waals surface area contributed by atoms with Crippen molar-refractivity contribution in [3.63, 3.8) is 0 Å². The predicted molar refractivity (Wildman–Crippen MR) is 83.6 cm³/mol. The molecule has 0 radical (unpaired) electrons. The number of hydrogen-bond acceptors (Lipinski definition) is 4. The molecular formula is C15H35N3O. The van der Waals surface area contributed by atoms with Crippen molar-refractivity contribution in [1.29, 1.82) is 0 Å². The van der Waals surface area contributed by atoms with Crippen LogP contribution in [0.5, 0.6) is 0 Å². The molecule has 2 N–H and O–H groups in total. The SMILES string of the molecule is CC(C)NC(C)(CO)CC(C)N(C)CCCN(C)C. The average molecular weight is 273 g/mol. The van der Waals surface area contributed by atoms with Crippen LogP contribution in [0.4, 0.5) is 0 Å². The van der Waals surface area contributed by atoms with Gasteiger partial charge in [-0.1, -0.05) is 13.8 Å². The third-order valence-corrected chi connectivity index (χ3v) is 3.60. The molecule has 0 aliphatic heterocycles. The third kappa shape index (κ3) is 8.58. The van der Waals surface area contributed by atoms with Gasteiger partial charge in [0, 0.05) is 17.6 Å². The van der Waals surface area contributed by atoms with Crippen molar-refractivity contribution in [2.45, 2.75) is 58.2 Å². The highest BCUT2D eigenvalue weighted by Crippen LogP contribution is 2.16. The summed E-state index contributed by atoms with van der Waals surface area (Å²) in [5.74, 6) is 0. The monoisotopic (exact) mass is 273 g/mol. The van der Waals surface area contributed by atoms with Gasteiger partial charge < -0.3 is 20.2 Å². The molecule has 4 heteroatoms. The first kappa shape index (κ1) is 18.8. The van der Waals surface area contributed by atoms with Gasteiger partial charge in [-0.2, -0.15) is 0 Å². The highest BCUT2D eigenvalue weighted by Gasteiger charge is 2.27. The van der Waals surface area contributed by atoms with Gasteiger partial charge >= 0.3 is 0 Å². The largest absolute Gasteiger partial charge is 0.394 e. The van der Waals surface area contributed by atoms with Gasteiger partial charge in [-0.15, -0.1) is 0 Å². The summed E-state index contributed by atoms with van der Waals surface area (Å²) in [5, 5.41) is 13.1. The molecule has 0 heterocycles. The summed E-state index contributed by atoms with van der Waals surface area (Å²) in [4.78, 5) is 4.61. The molecule has 0 aromatic rings. The normalized spacial score (nSPS) is 17.2. The van der Waals surface area contributed by atoms with Crippen molar-refractivity contribution in [2.24, 2.45) is 0 Å². The zero-order valence-electron chi connectivity index (χ0n) is 14.0. The maximum atomic E-state index is 9.63. The summed E-state index contributed by atoms with van der Waals surface area (Å²) in [7, 11) is 6.39. The van der Waals surface area contributed by atoms with E-state index in [4.69, 9.17) is 0 Å². The Balaban J connectivity index is 4.20. The molecule has 19 heavy (non-hydrogen) atoms. The summed E-state index contributed by atoms with van der Waals surface area (Å²) in [6.07, 6.45) is 2.14. The second-order valence-electron chi connectivity index (χ2n) is 6.71. The van der Waals surface area contributed by atoms with Gasteiger partial charge in [0.05, 0.1) is 6.61 Å². The molecule has 0 aliphatic rings. The van der Waals surface area contributed by atoms with E-state index < -0.39 is 0 Å². The highest BCUT2D eigenvalue weighted by atomic mass is 16.3. The number of rotatable bonds is 10. The second-order valence-corrected chi connectivity index (χ2v) is 6.71. The van der Waals surface area contributed by atoms with E-state index in [-0.39, 0.29) is 12.1 Å². The first-order valence-corrected chi connectivity index (χ1v) is 7.43. The van der Waals surface area contributed by atoms with Gasteiger partial charge in [-0.25, -0.2) is 0 Å². The summed E-state index contributed by atoms with van der Waals surface area (Å²) in [6.45, 7) is 11.0. The number of nitrogens with zero attached hydrogens (tertiary/aromatic N) is 2. The number of hydrogen-bond donors (Lipinski definition) is 2. The Hall–Kier alpha value is -0.160. The van der Waals surface area contributed by atoms with E-state index in [0.717, 1.165) is 19.5 Å². The summed E-state index contributed by atoms with van der Waals surface area (Å²) >= 11 is 0. The van der Waals surface area contributed by atoms with Crippen LogP contribution in [0.3, 0.4) is 0 Å². The topological polar surface area (TPSA) is 38.7 Å². The zero-order valence-corrected chi connectivity index (χ0v) is 14.0. The van der Waals surface area contributed by atoms with Crippen LogP contribution in [0.1, 0.15) is 40.5 Å². The Morgan fingerprint density at radius 2 is 1.68 bits per heavy atom. The summed E-state index contributed by atoms with van der Waals surface area (Å²) < 4.78 is 0. The maximum absolute atomic E-state index is 9.63. The minimum atomic E-state index is -0.191. The van der Waals surface area contributed by atoms with E-state index >= 15 is 0 Å². The summed E-state index contributed by atoms with van der Waals surface area (Å²) in [5.41, 5.74) is -0.191. The lowest BCUT2D eigenvalue weighted by molar-refractivity contribution is 0.118. The Kier molecular flexibility index (Phi) is 8.83. The molecule has 0 aromatic heterocycles. The van der Waals surface area contributed by atoms with Gasteiger partial charge in [-0.3, -0.25) is 0 Å². The average Bonchev–Trinajstić information content (AvgIpc) is 2.27. The van der Waals surface area contributed by atoms with Crippen LogP contribution in [-0.2, 0) is 0 Å². The Bertz CT molecular complexity index is 233. The Morgan fingerprint density at radius 3 is 2.11 bits per heavy atom. The quantitative estimate of drug-likeness (QED) is 0.631. The molecule has 116 valence electrons. The molecule has 0 rings (SSSR count). The van der Waals surface area contributed by atoms with E-state index in [9.17, 15) is 5.11 Å². The molecule has 4 nitrogen and oxygen atoms in total. The molecule has 0 aromatic carbocycles. The van der Waals surface area contributed by atoms with E-state index in [1.54, 1.807) is 0 Å². The Morgan fingerprint density at radius 1 is 1.11 bits per heavy atom. The molecule has 0 fully saturated rings. The van der Waals surface area contributed by atoms with Gasteiger partial charge in [-0.05, 0) is 60.9 Å². The van der Waals surface area contributed by atoms with E-state index in [1.807, 2.05) is 0 Å². The van der Waals surface area contributed by atoms with Gasteiger partial charge in [0.15, 0.2) is 0 Å². The molecule has 2 unspecified atom stereocenters. The van der Waals surface area contributed by atoms with Crippen molar-refractivity contribution in [3.8, 4) is 0 Å². The first-order chi connectivity index (χ1) is 8.70. The molecule has 0 bridgehead atoms. The minimum Gasteiger partial charge on any atom is -0.394 e. The zero-order chi connectivity index (χ0) is 15.1. The van der Waals surface area contributed by atoms with E-state index in [1.165, 1.54) is 6.42 Å². The molecule has 0 aliphatic carbocycles. The van der Waals surface area contributed by atoms with E-state index in [2.05, 4.69) is 64.0 Å². The van der Waals surface area contributed by atoms with Crippen LogP contribution in [0.15, 0.2) is 0 Å². The van der Waals surface area contributed by atoms with Crippen molar-refractivity contribution in [2.75, 3.05) is 40.8 Å². The summed E-state index contributed by atoms with van der Waals surface area (Å²) in [6, 6.07) is 0.856. The van der Waals surface area contributed by atoms with Crippen molar-refractivity contribution < 1.29 is 5.11 Å². The lowest BCUT2D eigenvalue weighted by atomic mass is 9.93. The van der Waals surface area contributed by atoms with Crippen LogP contribution in [0.2, 0.25) is 0 Å². The fraction of sp³-hybridized carbons (Fsp3) is 1.00. The van der Waals surface area contributed by atoms with Crippen LogP contribution >= 0.6 is 0 Å². The lowest BCUT2D eigenvalue weighted by Crippen LogP contribution is -2.52. The third-order valence-electron chi connectivity index (χ3n) is 3.60. The van der Waals surface area contributed by atoms with Gasteiger partial charge in [0.25, 0.3) is 0 Å². The van der Waals surface area contributed by atoms with Crippen LogP contribution in [-0.4, -0.2) is 73.4 Å². The number of aliphatic hydroxyl groups is 1. The molecule has 0 saturated carbocycles. The fourth-order valence-corrected chi connectivity index (χ4v) is 2.53. The molecular weight excluding hydrogens is 238 g/mol. The van der Waals surface area contributed by atoms with Crippen LogP contribution in [0.25, 0.3) is 0 Å². The maximum Gasteiger partial charge on any atom is 0.0611 e. The standard InChI is InChI=1S/C15H35N3O/c1-13(2)16-15(4,12-19)11-14(3)18(7)10-8-9-17(5)6/h13-14,16,19H,8-12H2,1-7H3. The van der Waals surface area contributed by atoms with Crippen molar-refractivity contribution in [1.82, 2.24) is 15.1 Å². The fourth-order valence-electron chi connectivity index (χ4n) is 2.53. The minimum absolute atomic E-state index is 0.182. The van der Waals surface area contributed by atoms with Gasteiger partial charge in [0.2, 0.25) is 0 Å². The number of aliphatic hydroxyl groups excluding tert-OH is 1. The smallest absolute Gasteiger partial charge is 0.0611 e. The first-order valence-electron chi connectivity index (χ1n) is 7.43. The predicted octanol–water partition coefficient (Wildman–Crippen LogP) is 1.40. The molecule has 0 saturated heterocycles. The highest BCUT2D eigenvalue weighted by molar-refractivity contribution is 4.87.